The predicted octanol–water partition coefficient (Wildman–Crippen LogP) is 1.50. The van der Waals surface area contributed by atoms with Gasteiger partial charge in [0.05, 0.1) is 11.3 Å². The van der Waals surface area contributed by atoms with Gasteiger partial charge in [0.25, 0.3) is 0 Å². The van der Waals surface area contributed by atoms with Crippen LogP contribution in [0.3, 0.4) is 0 Å². The molecule has 0 radical (unpaired) electrons. The number of hydrogen-bond acceptors (Lipinski definition) is 3. The van der Waals surface area contributed by atoms with E-state index >= 15 is 0 Å². The van der Waals surface area contributed by atoms with Crippen LogP contribution >= 0.6 is 11.8 Å². The van der Waals surface area contributed by atoms with E-state index in [-0.39, 0.29) is 0 Å². The zero-order valence-electron chi connectivity index (χ0n) is 6.64. The molecule has 0 spiro atoms. The summed E-state index contributed by atoms with van der Waals surface area (Å²) in [6.07, 6.45) is 0. The molecule has 1 atom stereocenters. The van der Waals surface area contributed by atoms with E-state index < -0.39 is 0 Å². The van der Waals surface area contributed by atoms with Gasteiger partial charge >= 0.3 is 0 Å². The van der Waals surface area contributed by atoms with Crippen LogP contribution in [0.25, 0.3) is 0 Å². The molecule has 1 saturated heterocycles. The second-order valence-corrected chi connectivity index (χ2v) is 2.98. The van der Waals surface area contributed by atoms with Gasteiger partial charge in [0.1, 0.15) is 0 Å². The molecule has 0 aromatic heterocycles. The molecule has 1 unspecified atom stereocenters. The number of nitrogens with zero attached hydrogens (tertiary/aromatic N) is 1. The van der Waals surface area contributed by atoms with Gasteiger partial charge < -0.3 is 0 Å². The Balaban J connectivity index is 0.000000291. The summed E-state index contributed by atoms with van der Waals surface area (Å²) in [5.74, 6) is 1.07. The maximum Gasteiger partial charge on any atom is 0.0678 e. The molecule has 0 saturated carbocycles. The summed E-state index contributed by atoms with van der Waals surface area (Å²) in [5, 5.41) is 2.77. The normalized spacial score (nSPS) is 27.3. The molecule has 1 N–H and O–H groups in total. The average molecular weight is 148 g/mol. The van der Waals surface area contributed by atoms with Crippen LogP contribution in [-0.4, -0.2) is 23.3 Å². The summed E-state index contributed by atoms with van der Waals surface area (Å²) in [4.78, 5) is 0. The molecular weight excluding hydrogens is 132 g/mol. The minimum atomic E-state index is 0.653. The minimum absolute atomic E-state index is 0.653. The van der Waals surface area contributed by atoms with E-state index in [0.29, 0.717) is 5.37 Å². The van der Waals surface area contributed by atoms with E-state index in [2.05, 4.69) is 24.4 Å². The van der Waals surface area contributed by atoms with Crippen LogP contribution in [0.4, 0.5) is 0 Å². The third-order valence-electron chi connectivity index (χ3n) is 1.18. The van der Waals surface area contributed by atoms with E-state index in [9.17, 15) is 0 Å². The summed E-state index contributed by atoms with van der Waals surface area (Å²) in [5.41, 5.74) is 3.17. The van der Waals surface area contributed by atoms with Crippen LogP contribution in [0, 0.1) is 0 Å². The largest absolute Gasteiger partial charge is 0.244 e. The van der Waals surface area contributed by atoms with Crippen molar-refractivity contribution in [1.29, 1.82) is 0 Å². The second kappa shape index (κ2) is 5.09. The fourth-order valence-corrected chi connectivity index (χ4v) is 1.32. The lowest BCUT2D eigenvalue weighted by molar-refractivity contribution is 0.268. The first-order chi connectivity index (χ1) is 4.30. The number of hydrazine groups is 1. The molecule has 1 heterocycles. The van der Waals surface area contributed by atoms with E-state index in [0.717, 1.165) is 5.88 Å². The maximum absolute atomic E-state index is 3.17. The summed E-state index contributed by atoms with van der Waals surface area (Å²) in [6, 6.07) is 0. The number of thioether (sulfide) groups is 1. The quantitative estimate of drug-likeness (QED) is 0.560. The first-order valence-corrected chi connectivity index (χ1v) is 4.43. The molecule has 1 rings (SSSR count). The Morgan fingerprint density at radius 2 is 2.11 bits per heavy atom. The molecule has 1 aliphatic heterocycles. The molecule has 1 aliphatic rings. The lowest BCUT2D eigenvalue weighted by Crippen LogP contribution is -2.30. The lowest BCUT2D eigenvalue weighted by atomic mass is 10.7. The summed E-state index contributed by atoms with van der Waals surface area (Å²) >= 11 is 1.92. The fraction of sp³-hybridized carbons (Fsp3) is 1.00. The van der Waals surface area contributed by atoms with E-state index in [1.54, 1.807) is 0 Å². The van der Waals surface area contributed by atoms with Crippen LogP contribution in [-0.2, 0) is 0 Å². The fourth-order valence-electron chi connectivity index (χ4n) is 0.500. The Morgan fingerprint density at radius 3 is 2.22 bits per heavy atom. The van der Waals surface area contributed by atoms with Crippen LogP contribution in [0.1, 0.15) is 20.8 Å². The first kappa shape index (κ1) is 9.27. The smallest absolute Gasteiger partial charge is 0.0678 e. The molecule has 56 valence electrons. The highest BCUT2D eigenvalue weighted by Crippen LogP contribution is 2.15. The topological polar surface area (TPSA) is 15.3 Å². The van der Waals surface area contributed by atoms with Gasteiger partial charge in [0.2, 0.25) is 0 Å². The summed E-state index contributed by atoms with van der Waals surface area (Å²) in [7, 11) is 2.06. The highest BCUT2D eigenvalue weighted by molar-refractivity contribution is 7.99. The molecule has 2 nitrogen and oxygen atoms in total. The second-order valence-electron chi connectivity index (χ2n) is 1.68. The molecule has 0 aliphatic carbocycles. The Labute approximate surface area is 62.0 Å². The molecule has 0 aromatic carbocycles. The van der Waals surface area contributed by atoms with Crippen molar-refractivity contribution in [2.45, 2.75) is 26.1 Å². The molecule has 0 bridgehead atoms. The standard InChI is InChI=1S/C4H10N2S.C2H6/c1-4-6(2)5-3-7-4;1-2/h4-5H,3H2,1-2H3;1-2H3. The van der Waals surface area contributed by atoms with E-state index in [1.807, 2.05) is 25.6 Å². The Morgan fingerprint density at radius 1 is 1.56 bits per heavy atom. The Kier molecular flexibility index (Phi) is 5.24. The van der Waals surface area contributed by atoms with Crippen molar-refractivity contribution in [3.8, 4) is 0 Å². The van der Waals surface area contributed by atoms with Crippen LogP contribution in [0.15, 0.2) is 0 Å². The van der Waals surface area contributed by atoms with E-state index in [4.69, 9.17) is 0 Å². The minimum Gasteiger partial charge on any atom is -0.244 e. The first-order valence-electron chi connectivity index (χ1n) is 3.38. The highest BCUT2D eigenvalue weighted by Gasteiger charge is 2.14. The number of rotatable bonds is 0. The molecule has 1 fully saturated rings. The summed E-state index contributed by atoms with van der Waals surface area (Å²) in [6.45, 7) is 6.19. The van der Waals surface area contributed by atoms with Gasteiger partial charge in [0, 0.05) is 7.05 Å². The SMILES string of the molecule is CC.CC1SCNN1C. The lowest BCUT2D eigenvalue weighted by Gasteiger charge is -2.10. The van der Waals surface area contributed by atoms with Crippen molar-refractivity contribution in [1.82, 2.24) is 10.4 Å². The van der Waals surface area contributed by atoms with Gasteiger partial charge in [-0.25, -0.2) is 10.4 Å². The third kappa shape index (κ3) is 3.08. The van der Waals surface area contributed by atoms with Gasteiger partial charge in [-0.2, -0.15) is 0 Å². The van der Waals surface area contributed by atoms with Crippen molar-refractivity contribution in [2.24, 2.45) is 0 Å². The monoisotopic (exact) mass is 148 g/mol. The van der Waals surface area contributed by atoms with Gasteiger partial charge in [-0.15, -0.1) is 11.8 Å². The van der Waals surface area contributed by atoms with E-state index in [1.165, 1.54) is 0 Å². The molecule has 0 aromatic rings. The van der Waals surface area contributed by atoms with Crippen LogP contribution in [0.2, 0.25) is 0 Å². The Hall–Kier alpha value is 0.270. The van der Waals surface area contributed by atoms with Crippen molar-refractivity contribution in [3.63, 3.8) is 0 Å². The van der Waals surface area contributed by atoms with Crippen molar-refractivity contribution in [2.75, 3.05) is 12.9 Å². The van der Waals surface area contributed by atoms with Gasteiger partial charge in [-0.3, -0.25) is 0 Å². The average Bonchev–Trinajstić information content (AvgIpc) is 2.23. The van der Waals surface area contributed by atoms with Crippen LogP contribution < -0.4 is 5.43 Å². The number of hydrogen-bond donors (Lipinski definition) is 1. The van der Waals surface area contributed by atoms with Gasteiger partial charge in [-0.05, 0) is 6.92 Å². The zero-order valence-corrected chi connectivity index (χ0v) is 7.46. The van der Waals surface area contributed by atoms with Gasteiger partial charge in [-0.1, -0.05) is 13.8 Å². The third-order valence-corrected chi connectivity index (χ3v) is 2.28. The molecule has 3 heteroatoms. The van der Waals surface area contributed by atoms with Crippen molar-refractivity contribution >= 4 is 11.8 Å². The Bertz CT molecular complexity index is 60.1. The van der Waals surface area contributed by atoms with Crippen molar-refractivity contribution < 1.29 is 0 Å². The maximum atomic E-state index is 3.17. The predicted molar refractivity (Wildman–Crippen MR) is 44.2 cm³/mol. The molecule has 0 amide bonds. The molecule has 9 heavy (non-hydrogen) atoms. The van der Waals surface area contributed by atoms with Crippen molar-refractivity contribution in [3.05, 3.63) is 0 Å². The highest BCUT2D eigenvalue weighted by atomic mass is 32.2. The van der Waals surface area contributed by atoms with Gasteiger partial charge in [0.15, 0.2) is 0 Å². The zero-order chi connectivity index (χ0) is 7.28. The summed E-state index contributed by atoms with van der Waals surface area (Å²) < 4.78 is 0. The molecular formula is C6H16N2S. The number of nitrogens with one attached hydrogen (secondary N) is 1. The van der Waals surface area contributed by atoms with Crippen LogP contribution in [0.5, 0.6) is 0 Å².